The van der Waals surface area contributed by atoms with Crippen molar-refractivity contribution in [2.24, 2.45) is 0 Å². The maximum Gasteiger partial charge on any atom is 0.133 e. The first-order valence-corrected chi connectivity index (χ1v) is 7.84. The number of alkyl halides is 1. The average Bonchev–Trinajstić information content (AvgIpc) is 2.39. The molecule has 0 aliphatic heterocycles. The molecule has 2 aromatic rings. The molecule has 4 heteroatoms. The highest BCUT2D eigenvalue weighted by molar-refractivity contribution is 9.10. The van der Waals surface area contributed by atoms with E-state index in [2.05, 4.69) is 61.2 Å². The van der Waals surface area contributed by atoms with Crippen LogP contribution in [-0.2, 0) is 0 Å². The van der Waals surface area contributed by atoms with Gasteiger partial charge in [-0.15, -0.1) is 0 Å². The predicted octanol–water partition coefficient (Wildman–Crippen LogP) is 4.97. The van der Waals surface area contributed by atoms with Crippen LogP contribution in [0.2, 0.25) is 0 Å². The van der Waals surface area contributed by atoms with E-state index in [0.29, 0.717) is 4.83 Å². The third-order valence-electron chi connectivity index (χ3n) is 2.95. The summed E-state index contributed by atoms with van der Waals surface area (Å²) in [6, 6.07) is 8.22. The number of hydrogen-bond acceptors (Lipinski definition) is 2. The Morgan fingerprint density at radius 3 is 2.89 bits per heavy atom. The minimum atomic E-state index is 0.576. The summed E-state index contributed by atoms with van der Waals surface area (Å²) in [5.74, 6) is 0.963. The number of hydrogen-bond donors (Lipinski definition) is 1. The molecule has 18 heavy (non-hydrogen) atoms. The summed E-state index contributed by atoms with van der Waals surface area (Å²) < 4.78 is 1.11. The fourth-order valence-electron chi connectivity index (χ4n) is 1.86. The van der Waals surface area contributed by atoms with Crippen LogP contribution in [0.15, 0.2) is 34.9 Å². The maximum atomic E-state index is 4.42. The van der Waals surface area contributed by atoms with Crippen LogP contribution in [0.1, 0.15) is 19.8 Å². The molecule has 0 saturated carbocycles. The zero-order valence-corrected chi connectivity index (χ0v) is 13.5. The summed E-state index contributed by atoms with van der Waals surface area (Å²) in [6.07, 6.45) is 4.10. The van der Waals surface area contributed by atoms with E-state index in [1.54, 1.807) is 0 Å². The van der Waals surface area contributed by atoms with E-state index in [0.717, 1.165) is 35.1 Å². The zero-order chi connectivity index (χ0) is 13.0. The van der Waals surface area contributed by atoms with E-state index >= 15 is 0 Å². The van der Waals surface area contributed by atoms with Gasteiger partial charge in [-0.25, -0.2) is 4.98 Å². The molecular weight excluding hydrogens is 356 g/mol. The lowest BCUT2D eigenvalue weighted by molar-refractivity contribution is 0.773. The van der Waals surface area contributed by atoms with Crippen molar-refractivity contribution in [3.63, 3.8) is 0 Å². The Morgan fingerprint density at radius 2 is 2.11 bits per heavy atom. The number of nitrogens with one attached hydrogen (secondary N) is 1. The minimum absolute atomic E-state index is 0.576. The predicted molar refractivity (Wildman–Crippen MR) is 85.6 cm³/mol. The molecule has 2 rings (SSSR count). The lowest BCUT2D eigenvalue weighted by Crippen LogP contribution is -2.08. The molecule has 1 atom stereocenters. The number of pyridine rings is 1. The second-order valence-electron chi connectivity index (χ2n) is 4.22. The molecule has 1 unspecified atom stereocenters. The molecule has 0 aliphatic rings. The molecule has 1 heterocycles. The summed E-state index contributed by atoms with van der Waals surface area (Å²) in [5, 5.41) is 5.77. The largest absolute Gasteiger partial charge is 0.370 e. The Morgan fingerprint density at radius 1 is 1.28 bits per heavy atom. The number of halogens is 2. The summed E-state index contributed by atoms with van der Waals surface area (Å²) >= 11 is 7.21. The van der Waals surface area contributed by atoms with Crippen molar-refractivity contribution in [3.8, 4) is 0 Å². The van der Waals surface area contributed by atoms with Crippen LogP contribution in [-0.4, -0.2) is 16.4 Å². The minimum Gasteiger partial charge on any atom is -0.370 e. The lowest BCUT2D eigenvalue weighted by Gasteiger charge is -2.11. The van der Waals surface area contributed by atoms with Gasteiger partial charge in [0.25, 0.3) is 0 Å². The number of fused-ring (bicyclic) bond motifs is 1. The second kappa shape index (κ2) is 6.53. The molecular formula is C14H16Br2N2. The van der Waals surface area contributed by atoms with E-state index in [1.807, 2.05) is 18.3 Å². The highest BCUT2D eigenvalue weighted by Gasteiger charge is 2.05. The summed E-state index contributed by atoms with van der Waals surface area (Å²) in [7, 11) is 0. The molecule has 96 valence electrons. The van der Waals surface area contributed by atoms with Crippen LogP contribution in [0, 0.1) is 0 Å². The molecule has 0 bridgehead atoms. The lowest BCUT2D eigenvalue weighted by atomic mass is 10.1. The van der Waals surface area contributed by atoms with Crippen molar-refractivity contribution in [2.75, 3.05) is 11.9 Å². The number of anilines is 1. The Kier molecular flexibility index (Phi) is 5.01. The van der Waals surface area contributed by atoms with Crippen molar-refractivity contribution < 1.29 is 0 Å². The Labute approximate surface area is 124 Å². The van der Waals surface area contributed by atoms with Gasteiger partial charge in [0.15, 0.2) is 0 Å². The molecule has 0 aliphatic carbocycles. The maximum absolute atomic E-state index is 4.42. The van der Waals surface area contributed by atoms with E-state index in [-0.39, 0.29) is 0 Å². The fraction of sp³-hybridized carbons (Fsp3) is 0.357. The number of rotatable bonds is 5. The van der Waals surface area contributed by atoms with Crippen LogP contribution in [0.4, 0.5) is 5.82 Å². The van der Waals surface area contributed by atoms with Gasteiger partial charge in [0.1, 0.15) is 5.82 Å². The van der Waals surface area contributed by atoms with Gasteiger partial charge >= 0.3 is 0 Å². The monoisotopic (exact) mass is 370 g/mol. The van der Waals surface area contributed by atoms with Gasteiger partial charge in [0.2, 0.25) is 0 Å². The van der Waals surface area contributed by atoms with Crippen LogP contribution in [0.25, 0.3) is 10.8 Å². The van der Waals surface area contributed by atoms with Gasteiger partial charge in [-0.1, -0.05) is 50.9 Å². The van der Waals surface area contributed by atoms with Crippen molar-refractivity contribution in [3.05, 3.63) is 34.9 Å². The van der Waals surface area contributed by atoms with Gasteiger partial charge in [-0.2, -0.15) is 0 Å². The number of aromatic nitrogens is 1. The van der Waals surface area contributed by atoms with Crippen molar-refractivity contribution in [1.82, 2.24) is 4.98 Å². The third-order valence-corrected chi connectivity index (χ3v) is 4.74. The molecule has 1 aromatic carbocycles. The molecule has 1 N–H and O–H groups in total. The van der Waals surface area contributed by atoms with Crippen molar-refractivity contribution in [2.45, 2.75) is 24.6 Å². The highest BCUT2D eigenvalue weighted by atomic mass is 79.9. The zero-order valence-electron chi connectivity index (χ0n) is 10.3. The van der Waals surface area contributed by atoms with Gasteiger partial charge in [0.05, 0.1) is 0 Å². The Balaban J connectivity index is 2.16. The Bertz CT molecular complexity index is 528. The van der Waals surface area contributed by atoms with Crippen LogP contribution < -0.4 is 5.32 Å². The first-order valence-electron chi connectivity index (χ1n) is 6.13. The van der Waals surface area contributed by atoms with E-state index in [1.165, 1.54) is 5.39 Å². The van der Waals surface area contributed by atoms with Gasteiger partial charge in [0, 0.05) is 32.8 Å². The van der Waals surface area contributed by atoms with E-state index in [9.17, 15) is 0 Å². The molecule has 0 saturated heterocycles. The highest BCUT2D eigenvalue weighted by Crippen LogP contribution is 2.27. The van der Waals surface area contributed by atoms with Crippen LogP contribution in [0.5, 0.6) is 0 Å². The van der Waals surface area contributed by atoms with E-state index < -0.39 is 0 Å². The fourth-order valence-corrected chi connectivity index (χ4v) is 2.59. The standard InChI is InChI=1S/C14H16Br2N2/c1-2-10(15)6-8-17-14-12-4-3-5-13(16)11(12)7-9-18-14/h3-5,7,9-10H,2,6,8H2,1H3,(H,17,18). The van der Waals surface area contributed by atoms with Gasteiger partial charge in [-0.3, -0.25) is 0 Å². The molecule has 0 radical (unpaired) electrons. The Hall–Kier alpha value is -0.610. The van der Waals surface area contributed by atoms with Crippen LogP contribution >= 0.6 is 31.9 Å². The molecule has 1 aromatic heterocycles. The SMILES string of the molecule is CCC(Br)CCNc1nccc2c(Br)cccc12. The molecule has 0 amide bonds. The number of nitrogens with zero attached hydrogens (tertiary/aromatic N) is 1. The summed E-state index contributed by atoms with van der Waals surface area (Å²) in [5.41, 5.74) is 0. The van der Waals surface area contributed by atoms with Gasteiger partial charge < -0.3 is 5.32 Å². The van der Waals surface area contributed by atoms with E-state index in [4.69, 9.17) is 0 Å². The first-order chi connectivity index (χ1) is 8.72. The summed E-state index contributed by atoms with van der Waals surface area (Å²) in [4.78, 5) is 5.00. The topological polar surface area (TPSA) is 24.9 Å². The average molecular weight is 372 g/mol. The molecule has 0 spiro atoms. The quantitative estimate of drug-likeness (QED) is 0.750. The smallest absolute Gasteiger partial charge is 0.133 e. The van der Waals surface area contributed by atoms with Gasteiger partial charge in [-0.05, 0) is 25.0 Å². The molecule has 0 fully saturated rings. The van der Waals surface area contributed by atoms with Crippen molar-refractivity contribution >= 4 is 48.5 Å². The van der Waals surface area contributed by atoms with Crippen molar-refractivity contribution in [1.29, 1.82) is 0 Å². The molecule has 2 nitrogen and oxygen atoms in total. The third kappa shape index (κ3) is 3.23. The first kappa shape index (κ1) is 13.8. The normalized spacial score (nSPS) is 12.6. The summed E-state index contributed by atoms with van der Waals surface area (Å²) in [6.45, 7) is 3.12. The second-order valence-corrected chi connectivity index (χ2v) is 6.36. The number of benzene rings is 1. The van der Waals surface area contributed by atoms with Crippen LogP contribution in [0.3, 0.4) is 0 Å².